The normalized spacial score (nSPS) is 16.6. The number of imide groups is 1. The Labute approximate surface area is 174 Å². The van der Waals surface area contributed by atoms with Crippen molar-refractivity contribution in [1.82, 2.24) is 10.6 Å². The molecule has 2 atom stereocenters. The first-order chi connectivity index (χ1) is 14.3. The molecule has 1 saturated heterocycles. The van der Waals surface area contributed by atoms with Crippen LogP contribution < -0.4 is 25.0 Å². The molecule has 0 unspecified atom stereocenters. The third-order valence-corrected chi connectivity index (χ3v) is 4.72. The highest BCUT2D eigenvalue weighted by atomic mass is 16.5. The number of esters is 1. The van der Waals surface area contributed by atoms with Gasteiger partial charge in [-0.25, -0.2) is 4.79 Å². The Balaban J connectivity index is 1.91. The maximum absolute atomic E-state index is 12.4. The number of amides is 4. The molecule has 0 aliphatic carbocycles. The zero-order chi connectivity index (χ0) is 22.3. The number of nitrogens with one attached hydrogen (secondary N) is 2. The van der Waals surface area contributed by atoms with E-state index in [1.807, 2.05) is 6.92 Å². The van der Waals surface area contributed by atoms with Crippen molar-refractivity contribution in [3.63, 3.8) is 0 Å². The molecule has 2 N–H and O–H groups in total. The van der Waals surface area contributed by atoms with Crippen LogP contribution >= 0.6 is 0 Å². The SMILES string of the molecule is CC[C@@H](C)NC(=O)NC(=O)COC(=O)[C@@H]1CC(=O)N(c2ccc(OC)cc2OC)C1. The van der Waals surface area contributed by atoms with E-state index in [4.69, 9.17) is 14.2 Å². The van der Waals surface area contributed by atoms with Gasteiger partial charge in [-0.05, 0) is 25.5 Å². The fraction of sp³-hybridized carbons (Fsp3) is 0.500. The molecule has 0 bridgehead atoms. The lowest BCUT2D eigenvalue weighted by Crippen LogP contribution is -2.44. The lowest BCUT2D eigenvalue weighted by Gasteiger charge is -2.20. The summed E-state index contributed by atoms with van der Waals surface area (Å²) < 4.78 is 15.4. The summed E-state index contributed by atoms with van der Waals surface area (Å²) >= 11 is 0. The monoisotopic (exact) mass is 421 g/mol. The maximum atomic E-state index is 12.4. The number of benzene rings is 1. The molecule has 1 aliphatic heterocycles. The molecule has 4 amide bonds. The van der Waals surface area contributed by atoms with Crippen molar-refractivity contribution in [2.24, 2.45) is 5.92 Å². The van der Waals surface area contributed by atoms with E-state index in [-0.39, 0.29) is 24.9 Å². The smallest absolute Gasteiger partial charge is 0.321 e. The first-order valence-corrected chi connectivity index (χ1v) is 9.58. The van der Waals surface area contributed by atoms with Crippen molar-refractivity contribution in [2.45, 2.75) is 32.7 Å². The van der Waals surface area contributed by atoms with E-state index in [1.165, 1.54) is 19.1 Å². The Morgan fingerprint density at radius 1 is 1.23 bits per heavy atom. The third kappa shape index (κ3) is 5.85. The van der Waals surface area contributed by atoms with E-state index in [2.05, 4.69) is 10.6 Å². The molecule has 0 aromatic heterocycles. The summed E-state index contributed by atoms with van der Waals surface area (Å²) in [6, 6.07) is 4.26. The topological polar surface area (TPSA) is 123 Å². The number of rotatable bonds is 8. The highest BCUT2D eigenvalue weighted by Crippen LogP contribution is 2.35. The molecule has 0 radical (unpaired) electrons. The second-order valence-corrected chi connectivity index (χ2v) is 6.88. The Hall–Kier alpha value is -3.30. The summed E-state index contributed by atoms with van der Waals surface area (Å²) in [6.07, 6.45) is 0.659. The largest absolute Gasteiger partial charge is 0.497 e. The molecule has 2 rings (SSSR count). The minimum atomic E-state index is -0.748. The van der Waals surface area contributed by atoms with Crippen LogP contribution in [0.25, 0.3) is 0 Å². The quantitative estimate of drug-likeness (QED) is 0.605. The Morgan fingerprint density at radius 3 is 2.60 bits per heavy atom. The predicted octanol–water partition coefficient (Wildman–Crippen LogP) is 1.22. The highest BCUT2D eigenvalue weighted by molar-refractivity contribution is 6.01. The predicted molar refractivity (Wildman–Crippen MR) is 107 cm³/mol. The zero-order valence-electron chi connectivity index (χ0n) is 17.5. The van der Waals surface area contributed by atoms with Crippen molar-refractivity contribution in [3.05, 3.63) is 18.2 Å². The number of hydrogen-bond donors (Lipinski definition) is 2. The van der Waals surface area contributed by atoms with Crippen LogP contribution in [0.4, 0.5) is 10.5 Å². The molecule has 1 aromatic carbocycles. The third-order valence-electron chi connectivity index (χ3n) is 4.72. The van der Waals surface area contributed by atoms with Crippen LogP contribution in [0.3, 0.4) is 0 Å². The number of methoxy groups -OCH3 is 2. The van der Waals surface area contributed by atoms with Gasteiger partial charge in [-0.3, -0.25) is 19.7 Å². The summed E-state index contributed by atoms with van der Waals surface area (Å²) in [7, 11) is 2.99. The van der Waals surface area contributed by atoms with Gasteiger partial charge in [-0.1, -0.05) is 6.92 Å². The highest BCUT2D eigenvalue weighted by Gasteiger charge is 2.37. The van der Waals surface area contributed by atoms with Crippen LogP contribution in [-0.4, -0.2) is 57.2 Å². The average molecular weight is 421 g/mol. The summed E-state index contributed by atoms with van der Waals surface area (Å²) in [5, 5.41) is 4.66. The number of nitrogens with zero attached hydrogens (tertiary/aromatic N) is 1. The van der Waals surface area contributed by atoms with Gasteiger partial charge in [-0.2, -0.15) is 0 Å². The van der Waals surface area contributed by atoms with Crippen LogP contribution in [0.2, 0.25) is 0 Å². The molecule has 1 aliphatic rings. The minimum Gasteiger partial charge on any atom is -0.497 e. The van der Waals surface area contributed by atoms with Gasteiger partial charge in [0.25, 0.3) is 5.91 Å². The van der Waals surface area contributed by atoms with E-state index < -0.39 is 30.4 Å². The first kappa shape index (κ1) is 23.0. The maximum Gasteiger partial charge on any atom is 0.321 e. The molecule has 164 valence electrons. The van der Waals surface area contributed by atoms with E-state index in [9.17, 15) is 19.2 Å². The van der Waals surface area contributed by atoms with Gasteiger partial charge in [0.05, 0.1) is 25.8 Å². The Bertz CT molecular complexity index is 812. The van der Waals surface area contributed by atoms with Gasteiger partial charge in [0, 0.05) is 25.1 Å². The van der Waals surface area contributed by atoms with Crippen molar-refractivity contribution in [1.29, 1.82) is 0 Å². The number of hydrogen-bond acceptors (Lipinski definition) is 7. The van der Waals surface area contributed by atoms with Crippen molar-refractivity contribution in [2.75, 3.05) is 32.3 Å². The van der Waals surface area contributed by atoms with Gasteiger partial charge >= 0.3 is 12.0 Å². The number of ether oxygens (including phenoxy) is 3. The second kappa shape index (κ2) is 10.5. The van der Waals surface area contributed by atoms with Crippen molar-refractivity contribution < 1.29 is 33.4 Å². The second-order valence-electron chi connectivity index (χ2n) is 6.88. The number of urea groups is 1. The van der Waals surface area contributed by atoms with E-state index in [0.717, 1.165) is 0 Å². The van der Waals surface area contributed by atoms with Gasteiger partial charge in [0.1, 0.15) is 11.5 Å². The fourth-order valence-corrected chi connectivity index (χ4v) is 2.89. The van der Waals surface area contributed by atoms with Crippen molar-refractivity contribution in [3.8, 4) is 11.5 Å². The van der Waals surface area contributed by atoms with Gasteiger partial charge < -0.3 is 24.4 Å². The first-order valence-electron chi connectivity index (χ1n) is 9.58. The molecule has 0 saturated carbocycles. The van der Waals surface area contributed by atoms with E-state index in [1.54, 1.807) is 25.1 Å². The number of anilines is 1. The minimum absolute atomic E-state index is 0.0515. The van der Waals surface area contributed by atoms with Gasteiger partial charge in [0.2, 0.25) is 5.91 Å². The molecule has 10 heteroatoms. The molecule has 1 heterocycles. The zero-order valence-corrected chi connectivity index (χ0v) is 17.5. The number of carbonyl (C=O) groups excluding carboxylic acids is 4. The molecule has 1 fully saturated rings. The molecule has 30 heavy (non-hydrogen) atoms. The van der Waals surface area contributed by atoms with Crippen LogP contribution in [0.5, 0.6) is 11.5 Å². The Kier molecular flexibility index (Phi) is 8.02. The van der Waals surface area contributed by atoms with E-state index >= 15 is 0 Å². The molecule has 1 aromatic rings. The summed E-state index contributed by atoms with van der Waals surface area (Å²) in [5.41, 5.74) is 0.512. The molecule has 10 nitrogen and oxygen atoms in total. The Morgan fingerprint density at radius 2 is 1.97 bits per heavy atom. The van der Waals surface area contributed by atoms with Crippen LogP contribution in [0.1, 0.15) is 26.7 Å². The van der Waals surface area contributed by atoms with Crippen molar-refractivity contribution >= 4 is 29.5 Å². The molecular weight excluding hydrogens is 394 g/mol. The van der Waals surface area contributed by atoms with Crippen LogP contribution in [-0.2, 0) is 19.1 Å². The van der Waals surface area contributed by atoms with Crippen LogP contribution in [0, 0.1) is 5.92 Å². The summed E-state index contributed by atoms with van der Waals surface area (Å²) in [5.74, 6) is -1.42. The summed E-state index contributed by atoms with van der Waals surface area (Å²) in [4.78, 5) is 49.6. The summed E-state index contributed by atoms with van der Waals surface area (Å²) in [6.45, 7) is 3.17. The lowest BCUT2D eigenvalue weighted by molar-refractivity contribution is -0.152. The molecule has 0 spiro atoms. The molecular formula is C20H27N3O7. The average Bonchev–Trinajstić information content (AvgIpc) is 3.12. The fourth-order valence-electron chi connectivity index (χ4n) is 2.89. The standard InChI is InChI=1S/C20H27N3O7/c1-5-12(2)21-20(27)22-17(24)11-30-19(26)13-8-18(25)23(10-13)15-7-6-14(28-3)9-16(15)29-4/h6-7,9,12-13H,5,8,10-11H2,1-4H3,(H2,21,22,24,27)/t12-,13-/m1/s1. The number of carbonyl (C=O) groups is 4. The van der Waals surface area contributed by atoms with Gasteiger partial charge in [0.15, 0.2) is 6.61 Å². The van der Waals surface area contributed by atoms with Crippen LogP contribution in [0.15, 0.2) is 18.2 Å². The van der Waals surface area contributed by atoms with Gasteiger partial charge in [-0.15, -0.1) is 0 Å². The van der Waals surface area contributed by atoms with E-state index in [0.29, 0.717) is 23.6 Å². The lowest BCUT2D eigenvalue weighted by atomic mass is 10.1.